The molecule has 110 valence electrons. The van der Waals surface area contributed by atoms with Gasteiger partial charge in [0.2, 0.25) is 11.8 Å². The SMILES string of the molecule is Cc1ccc(NC(=O)CCc2nc(C)no2)c(C(=O)O)c1. The molecule has 0 saturated carbocycles. The predicted octanol–water partition coefficient (Wildman–Crippen LogP) is 1.96. The number of anilines is 1. The molecule has 2 rings (SSSR count). The zero-order chi connectivity index (χ0) is 15.4. The Balaban J connectivity index is 2.01. The molecule has 21 heavy (non-hydrogen) atoms. The Bertz CT molecular complexity index is 679. The Morgan fingerprint density at radius 1 is 1.33 bits per heavy atom. The quantitative estimate of drug-likeness (QED) is 0.871. The third-order valence-corrected chi connectivity index (χ3v) is 2.82. The van der Waals surface area contributed by atoms with Gasteiger partial charge in [0.25, 0.3) is 0 Å². The fourth-order valence-electron chi connectivity index (χ4n) is 1.82. The van der Waals surface area contributed by atoms with E-state index in [1.807, 2.05) is 0 Å². The van der Waals surface area contributed by atoms with Crippen LogP contribution in [0.25, 0.3) is 0 Å². The van der Waals surface area contributed by atoms with Crippen molar-refractivity contribution in [2.45, 2.75) is 26.7 Å². The largest absolute Gasteiger partial charge is 0.478 e. The number of aromatic nitrogens is 2. The molecule has 1 aromatic heterocycles. The van der Waals surface area contributed by atoms with E-state index < -0.39 is 5.97 Å². The van der Waals surface area contributed by atoms with Crippen LogP contribution in [-0.2, 0) is 11.2 Å². The molecular weight excluding hydrogens is 274 g/mol. The third-order valence-electron chi connectivity index (χ3n) is 2.82. The van der Waals surface area contributed by atoms with Crippen molar-refractivity contribution in [1.82, 2.24) is 10.1 Å². The molecule has 0 aliphatic rings. The normalized spacial score (nSPS) is 10.4. The first kappa shape index (κ1) is 14.7. The van der Waals surface area contributed by atoms with E-state index in [9.17, 15) is 9.59 Å². The molecule has 0 radical (unpaired) electrons. The average molecular weight is 289 g/mol. The van der Waals surface area contributed by atoms with E-state index in [-0.39, 0.29) is 23.6 Å². The summed E-state index contributed by atoms with van der Waals surface area (Å²) >= 11 is 0. The van der Waals surface area contributed by atoms with Crippen LogP contribution in [0.1, 0.15) is 34.1 Å². The molecule has 0 unspecified atom stereocenters. The molecule has 7 nitrogen and oxygen atoms in total. The maximum absolute atomic E-state index is 11.9. The van der Waals surface area contributed by atoms with Crippen molar-refractivity contribution >= 4 is 17.6 Å². The summed E-state index contributed by atoms with van der Waals surface area (Å²) in [5, 5.41) is 15.3. The molecule has 0 bridgehead atoms. The van der Waals surface area contributed by atoms with E-state index in [0.29, 0.717) is 18.1 Å². The molecule has 0 aliphatic heterocycles. The molecule has 0 fully saturated rings. The summed E-state index contributed by atoms with van der Waals surface area (Å²) in [5.74, 6) is -0.499. The number of rotatable bonds is 5. The van der Waals surface area contributed by atoms with Crippen LogP contribution in [0, 0.1) is 13.8 Å². The molecule has 0 atom stereocenters. The lowest BCUT2D eigenvalue weighted by Crippen LogP contribution is -2.15. The Labute approximate surface area is 121 Å². The number of carboxylic acid groups (broad SMARTS) is 1. The number of nitrogens with one attached hydrogen (secondary N) is 1. The standard InChI is InChI=1S/C14H15N3O4/c1-8-3-4-11(10(7-8)14(19)20)16-12(18)5-6-13-15-9(2)17-21-13/h3-4,7H,5-6H2,1-2H3,(H,16,18)(H,19,20). The number of carbonyl (C=O) groups is 2. The van der Waals surface area contributed by atoms with Crippen LogP contribution < -0.4 is 5.32 Å². The molecule has 0 aliphatic carbocycles. The van der Waals surface area contributed by atoms with Crippen LogP contribution >= 0.6 is 0 Å². The van der Waals surface area contributed by atoms with Crippen molar-refractivity contribution in [3.05, 3.63) is 41.0 Å². The number of nitrogens with zero attached hydrogens (tertiary/aromatic N) is 2. The zero-order valence-corrected chi connectivity index (χ0v) is 11.7. The Kier molecular flexibility index (Phi) is 4.32. The van der Waals surface area contributed by atoms with Gasteiger partial charge < -0.3 is 14.9 Å². The van der Waals surface area contributed by atoms with E-state index in [0.717, 1.165) is 5.56 Å². The van der Waals surface area contributed by atoms with Gasteiger partial charge in [-0.1, -0.05) is 16.8 Å². The molecular formula is C14H15N3O4. The van der Waals surface area contributed by atoms with Crippen LogP contribution in [0.4, 0.5) is 5.69 Å². The lowest BCUT2D eigenvalue weighted by Gasteiger charge is -2.08. The summed E-state index contributed by atoms with van der Waals surface area (Å²) in [6.45, 7) is 3.48. The van der Waals surface area contributed by atoms with Gasteiger partial charge in [0.1, 0.15) is 0 Å². The van der Waals surface area contributed by atoms with Crippen molar-refractivity contribution < 1.29 is 19.2 Å². The fraction of sp³-hybridized carbons (Fsp3) is 0.286. The number of aryl methyl sites for hydroxylation is 3. The summed E-state index contributed by atoms with van der Waals surface area (Å²) in [6.07, 6.45) is 0.440. The van der Waals surface area contributed by atoms with E-state index in [2.05, 4.69) is 15.5 Å². The first-order chi connectivity index (χ1) is 9.95. The second kappa shape index (κ2) is 6.17. The monoisotopic (exact) mass is 289 g/mol. The number of hydrogen-bond acceptors (Lipinski definition) is 5. The van der Waals surface area contributed by atoms with Gasteiger partial charge in [0.15, 0.2) is 5.82 Å². The number of aromatic carboxylic acids is 1. The summed E-state index contributed by atoms with van der Waals surface area (Å²) in [7, 11) is 0. The lowest BCUT2D eigenvalue weighted by molar-refractivity contribution is -0.116. The molecule has 2 N–H and O–H groups in total. The van der Waals surface area contributed by atoms with Crippen LogP contribution in [0.2, 0.25) is 0 Å². The summed E-state index contributed by atoms with van der Waals surface area (Å²) in [6, 6.07) is 4.83. The highest BCUT2D eigenvalue weighted by atomic mass is 16.5. The molecule has 2 aromatic rings. The maximum Gasteiger partial charge on any atom is 0.337 e. The molecule has 0 saturated heterocycles. The van der Waals surface area contributed by atoms with E-state index >= 15 is 0 Å². The molecule has 1 aromatic carbocycles. The van der Waals surface area contributed by atoms with Crippen LogP contribution in [0.15, 0.2) is 22.7 Å². The van der Waals surface area contributed by atoms with Gasteiger partial charge >= 0.3 is 5.97 Å². The van der Waals surface area contributed by atoms with Gasteiger partial charge in [-0.3, -0.25) is 4.79 Å². The van der Waals surface area contributed by atoms with E-state index in [1.165, 1.54) is 6.07 Å². The summed E-state index contributed by atoms with van der Waals surface area (Å²) < 4.78 is 4.91. The van der Waals surface area contributed by atoms with Crippen LogP contribution in [0.3, 0.4) is 0 Å². The molecule has 0 spiro atoms. The lowest BCUT2D eigenvalue weighted by atomic mass is 10.1. The number of carbonyl (C=O) groups excluding carboxylic acids is 1. The minimum atomic E-state index is -1.08. The average Bonchev–Trinajstić information content (AvgIpc) is 2.84. The van der Waals surface area contributed by atoms with Gasteiger partial charge in [-0.15, -0.1) is 0 Å². The van der Waals surface area contributed by atoms with Gasteiger partial charge in [-0.25, -0.2) is 4.79 Å². The van der Waals surface area contributed by atoms with Gasteiger partial charge in [-0.2, -0.15) is 4.98 Å². The van der Waals surface area contributed by atoms with Crippen molar-refractivity contribution in [3.8, 4) is 0 Å². The molecule has 1 heterocycles. The third kappa shape index (κ3) is 3.88. The minimum absolute atomic E-state index is 0.0667. The topological polar surface area (TPSA) is 105 Å². The Hall–Kier alpha value is -2.70. The summed E-state index contributed by atoms with van der Waals surface area (Å²) in [5.41, 5.74) is 1.16. The second-order valence-corrected chi connectivity index (χ2v) is 4.64. The number of benzene rings is 1. The zero-order valence-electron chi connectivity index (χ0n) is 11.7. The van der Waals surface area contributed by atoms with Crippen molar-refractivity contribution in [1.29, 1.82) is 0 Å². The number of amides is 1. The van der Waals surface area contributed by atoms with Crippen LogP contribution in [0.5, 0.6) is 0 Å². The van der Waals surface area contributed by atoms with Gasteiger partial charge in [0.05, 0.1) is 11.3 Å². The van der Waals surface area contributed by atoms with E-state index in [4.69, 9.17) is 9.63 Å². The Morgan fingerprint density at radius 3 is 2.71 bits per heavy atom. The van der Waals surface area contributed by atoms with Crippen molar-refractivity contribution in [2.75, 3.05) is 5.32 Å². The highest BCUT2D eigenvalue weighted by Crippen LogP contribution is 2.18. The first-order valence-corrected chi connectivity index (χ1v) is 6.38. The number of hydrogen-bond donors (Lipinski definition) is 2. The first-order valence-electron chi connectivity index (χ1n) is 6.38. The maximum atomic E-state index is 11.9. The van der Waals surface area contributed by atoms with Gasteiger partial charge in [0, 0.05) is 12.8 Å². The van der Waals surface area contributed by atoms with Crippen LogP contribution in [-0.4, -0.2) is 27.1 Å². The fourth-order valence-corrected chi connectivity index (χ4v) is 1.82. The van der Waals surface area contributed by atoms with Crippen molar-refractivity contribution in [3.63, 3.8) is 0 Å². The van der Waals surface area contributed by atoms with Gasteiger partial charge in [-0.05, 0) is 26.0 Å². The Morgan fingerprint density at radius 2 is 2.10 bits per heavy atom. The van der Waals surface area contributed by atoms with Crippen molar-refractivity contribution in [2.24, 2.45) is 0 Å². The second-order valence-electron chi connectivity index (χ2n) is 4.64. The number of carboxylic acids is 1. The summed E-state index contributed by atoms with van der Waals surface area (Å²) in [4.78, 5) is 27.0. The highest BCUT2D eigenvalue weighted by molar-refractivity contribution is 6.00. The molecule has 1 amide bonds. The predicted molar refractivity (Wildman–Crippen MR) is 74.1 cm³/mol. The smallest absolute Gasteiger partial charge is 0.337 e. The highest BCUT2D eigenvalue weighted by Gasteiger charge is 2.13. The van der Waals surface area contributed by atoms with E-state index in [1.54, 1.807) is 26.0 Å². The minimum Gasteiger partial charge on any atom is -0.478 e. The molecule has 7 heteroatoms.